The van der Waals surface area contributed by atoms with Gasteiger partial charge in [0, 0.05) is 30.5 Å². The Labute approximate surface area is 170 Å². The molecule has 0 aliphatic heterocycles. The summed E-state index contributed by atoms with van der Waals surface area (Å²) in [7, 11) is 1.67. The van der Waals surface area contributed by atoms with Crippen LogP contribution in [-0.2, 0) is 17.1 Å². The van der Waals surface area contributed by atoms with Gasteiger partial charge in [0.05, 0.1) is 11.4 Å². The molecule has 6 nitrogen and oxygen atoms in total. The summed E-state index contributed by atoms with van der Waals surface area (Å²) in [4.78, 5) is 25.6. The number of carbonyl (C=O) groups is 2. The molecule has 1 heterocycles. The van der Waals surface area contributed by atoms with E-state index in [-0.39, 0.29) is 11.5 Å². The molecule has 1 aromatic carbocycles. The monoisotopic (exact) mass is 429 g/mol. The number of alkyl halides is 3. The number of hydrogen-bond donors (Lipinski definition) is 1. The lowest BCUT2D eigenvalue weighted by Crippen LogP contribution is -2.33. The molecule has 2 rings (SSSR count). The zero-order valence-corrected chi connectivity index (χ0v) is 17.1. The average molecular weight is 429 g/mol. The molecule has 1 aromatic heterocycles. The number of hydrogen-bond acceptors (Lipinski definition) is 5. The van der Waals surface area contributed by atoms with Gasteiger partial charge in [-0.2, -0.15) is 13.2 Å². The highest BCUT2D eigenvalue weighted by molar-refractivity contribution is 7.99. The van der Waals surface area contributed by atoms with Crippen LogP contribution in [-0.4, -0.2) is 47.4 Å². The molecule has 158 valence electrons. The Morgan fingerprint density at radius 1 is 1.21 bits per heavy atom. The molecule has 0 unspecified atom stereocenters. The molecule has 0 fully saturated rings. The molecular weight excluding hydrogens is 407 g/mol. The second-order valence-corrected chi connectivity index (χ2v) is 7.53. The Morgan fingerprint density at radius 3 is 2.41 bits per heavy atom. The Balaban J connectivity index is 1.81. The Morgan fingerprint density at radius 2 is 1.86 bits per heavy atom. The third-order valence-electron chi connectivity index (χ3n) is 4.16. The number of carbonyl (C=O) groups excluding carboxylic acids is 2. The third-order valence-corrected chi connectivity index (χ3v) is 5.11. The molecule has 0 saturated carbocycles. The summed E-state index contributed by atoms with van der Waals surface area (Å²) in [6, 6.07) is 6.10. The number of halogens is 3. The number of rotatable bonds is 8. The second-order valence-electron chi connectivity index (χ2n) is 6.54. The predicted molar refractivity (Wildman–Crippen MR) is 103 cm³/mol. The highest BCUT2D eigenvalue weighted by Crippen LogP contribution is 2.20. The maximum Gasteiger partial charge on any atom is 0.405 e. The van der Waals surface area contributed by atoms with Gasteiger partial charge >= 0.3 is 6.18 Å². The summed E-state index contributed by atoms with van der Waals surface area (Å²) in [5, 5.41) is 5.70. The molecule has 0 bridgehead atoms. The van der Waals surface area contributed by atoms with Gasteiger partial charge in [-0.1, -0.05) is 17.3 Å². The van der Waals surface area contributed by atoms with Gasteiger partial charge in [0.15, 0.2) is 0 Å². The number of aromatic nitrogens is 1. The first-order chi connectivity index (χ1) is 13.6. The van der Waals surface area contributed by atoms with Crippen LogP contribution < -0.4 is 5.32 Å². The van der Waals surface area contributed by atoms with Crippen molar-refractivity contribution in [1.29, 1.82) is 0 Å². The van der Waals surface area contributed by atoms with Crippen molar-refractivity contribution in [2.75, 3.05) is 19.3 Å². The molecule has 2 amide bonds. The fraction of sp³-hybridized carbons (Fsp3) is 0.421. The topological polar surface area (TPSA) is 75.4 Å². The Bertz CT molecular complexity index is 831. The van der Waals surface area contributed by atoms with Crippen molar-refractivity contribution in [3.8, 4) is 0 Å². The molecular formula is C19H22F3N3O3S. The lowest BCUT2D eigenvalue weighted by atomic mass is 10.1. The minimum atomic E-state index is -4.46. The van der Waals surface area contributed by atoms with Gasteiger partial charge in [-0.25, -0.2) is 0 Å². The predicted octanol–water partition coefficient (Wildman–Crippen LogP) is 3.48. The van der Waals surface area contributed by atoms with Gasteiger partial charge in [-0.3, -0.25) is 9.59 Å². The van der Waals surface area contributed by atoms with Crippen LogP contribution in [0.3, 0.4) is 0 Å². The Kier molecular flexibility index (Phi) is 7.72. The molecule has 0 saturated heterocycles. The smallest absolute Gasteiger partial charge is 0.361 e. The molecule has 0 aliphatic carbocycles. The number of thioether (sulfide) groups is 1. The van der Waals surface area contributed by atoms with Gasteiger partial charge < -0.3 is 14.7 Å². The minimum Gasteiger partial charge on any atom is -0.361 e. The van der Waals surface area contributed by atoms with E-state index in [0.29, 0.717) is 18.1 Å². The first kappa shape index (κ1) is 22.8. The SMILES string of the molecule is Cc1noc(C)c1CSCC(=O)N(C)Cc1ccc(C(=O)NCC(F)(F)F)cc1. The third kappa shape index (κ3) is 7.12. The van der Waals surface area contributed by atoms with Gasteiger partial charge in [0.25, 0.3) is 5.91 Å². The van der Waals surface area contributed by atoms with Gasteiger partial charge in [-0.05, 0) is 31.5 Å². The van der Waals surface area contributed by atoms with Crippen molar-refractivity contribution in [2.24, 2.45) is 0 Å². The highest BCUT2D eigenvalue weighted by atomic mass is 32.2. The standard InChI is InChI=1S/C19H22F3N3O3S/c1-12-16(13(2)28-24-12)9-29-10-17(26)25(3)8-14-4-6-15(7-5-14)18(27)23-11-19(20,21)22/h4-7H,8-11H2,1-3H3,(H,23,27). The average Bonchev–Trinajstić information content (AvgIpc) is 2.98. The van der Waals surface area contributed by atoms with Crippen molar-refractivity contribution in [1.82, 2.24) is 15.4 Å². The van der Waals surface area contributed by atoms with E-state index in [1.54, 1.807) is 24.1 Å². The fourth-order valence-electron chi connectivity index (χ4n) is 2.46. The molecule has 10 heteroatoms. The van der Waals surface area contributed by atoms with Crippen molar-refractivity contribution >= 4 is 23.6 Å². The lowest BCUT2D eigenvalue weighted by molar-refractivity contribution is -0.127. The van der Waals surface area contributed by atoms with E-state index >= 15 is 0 Å². The largest absolute Gasteiger partial charge is 0.405 e. The van der Waals surface area contributed by atoms with Crippen LogP contribution in [0.1, 0.15) is 32.9 Å². The van der Waals surface area contributed by atoms with E-state index < -0.39 is 18.6 Å². The Hall–Kier alpha value is -2.49. The summed E-state index contributed by atoms with van der Waals surface area (Å²) in [5.41, 5.74) is 2.70. The van der Waals surface area contributed by atoms with Crippen molar-refractivity contribution in [2.45, 2.75) is 32.3 Å². The summed E-state index contributed by atoms with van der Waals surface area (Å²) < 4.78 is 41.6. The van der Waals surface area contributed by atoms with Crippen LogP contribution in [0, 0.1) is 13.8 Å². The summed E-state index contributed by atoms with van der Waals surface area (Å²) >= 11 is 1.46. The number of benzene rings is 1. The molecule has 29 heavy (non-hydrogen) atoms. The second kappa shape index (κ2) is 9.82. The van der Waals surface area contributed by atoms with Crippen molar-refractivity contribution in [3.05, 3.63) is 52.4 Å². The van der Waals surface area contributed by atoms with Gasteiger partial charge in [0.2, 0.25) is 5.91 Å². The maximum absolute atomic E-state index is 12.3. The van der Waals surface area contributed by atoms with Crippen molar-refractivity contribution in [3.63, 3.8) is 0 Å². The van der Waals surface area contributed by atoms with Crippen LogP contribution in [0.2, 0.25) is 0 Å². The van der Waals surface area contributed by atoms with Crippen LogP contribution in [0.4, 0.5) is 13.2 Å². The zero-order chi connectivity index (χ0) is 21.6. The number of amides is 2. The lowest BCUT2D eigenvalue weighted by Gasteiger charge is -2.17. The van der Waals surface area contributed by atoms with Crippen LogP contribution in [0.5, 0.6) is 0 Å². The van der Waals surface area contributed by atoms with Crippen LogP contribution in [0.15, 0.2) is 28.8 Å². The first-order valence-corrected chi connectivity index (χ1v) is 9.89. The first-order valence-electron chi connectivity index (χ1n) is 8.74. The molecule has 0 spiro atoms. The van der Waals surface area contributed by atoms with E-state index in [0.717, 1.165) is 22.6 Å². The summed E-state index contributed by atoms with van der Waals surface area (Å²) in [6.07, 6.45) is -4.46. The van der Waals surface area contributed by atoms with E-state index in [1.807, 2.05) is 19.2 Å². The minimum absolute atomic E-state index is 0.0613. The number of nitrogens with one attached hydrogen (secondary N) is 1. The molecule has 1 N–H and O–H groups in total. The molecule has 0 atom stereocenters. The fourth-order valence-corrected chi connectivity index (χ4v) is 3.58. The quantitative estimate of drug-likeness (QED) is 0.696. The summed E-state index contributed by atoms with van der Waals surface area (Å²) in [6.45, 7) is 2.63. The summed E-state index contributed by atoms with van der Waals surface area (Å²) in [5.74, 6) is 0.805. The van der Waals surface area contributed by atoms with Crippen LogP contribution in [0.25, 0.3) is 0 Å². The van der Waals surface area contributed by atoms with E-state index in [9.17, 15) is 22.8 Å². The van der Waals surface area contributed by atoms with Gasteiger partial charge in [0.1, 0.15) is 12.3 Å². The molecule has 2 aromatic rings. The van der Waals surface area contributed by atoms with E-state index in [2.05, 4.69) is 5.16 Å². The highest BCUT2D eigenvalue weighted by Gasteiger charge is 2.27. The molecule has 0 radical (unpaired) electrons. The normalized spacial score (nSPS) is 11.4. The molecule has 0 aliphatic rings. The van der Waals surface area contributed by atoms with Crippen molar-refractivity contribution < 1.29 is 27.3 Å². The van der Waals surface area contributed by atoms with E-state index in [1.165, 1.54) is 23.9 Å². The van der Waals surface area contributed by atoms with E-state index in [4.69, 9.17) is 4.52 Å². The van der Waals surface area contributed by atoms with Crippen LogP contribution >= 0.6 is 11.8 Å². The number of aryl methyl sites for hydroxylation is 2. The zero-order valence-electron chi connectivity index (χ0n) is 16.3. The van der Waals surface area contributed by atoms with Gasteiger partial charge in [-0.15, -0.1) is 11.8 Å². The maximum atomic E-state index is 12.3. The number of nitrogens with zero attached hydrogens (tertiary/aromatic N) is 2.